The molecule has 1 aromatic carbocycles. The van der Waals surface area contributed by atoms with Crippen molar-refractivity contribution in [1.29, 1.82) is 0 Å². The Hall–Kier alpha value is -2.83. The molecule has 2 rings (SSSR count). The number of benzene rings is 1. The average Bonchev–Trinajstić information content (AvgIpc) is 2.59. The fraction of sp³-hybridized carbons (Fsp3) is 0.476. The smallest absolute Gasteiger partial charge is 0.412 e. The van der Waals surface area contributed by atoms with Crippen LogP contribution < -0.4 is 5.32 Å². The van der Waals surface area contributed by atoms with Gasteiger partial charge in [0.1, 0.15) is 5.60 Å². The van der Waals surface area contributed by atoms with Crippen LogP contribution in [0.1, 0.15) is 33.3 Å². The van der Waals surface area contributed by atoms with E-state index in [0.717, 1.165) is 5.56 Å². The Kier molecular flexibility index (Phi) is 6.83. The number of hydrogen-bond donors (Lipinski definition) is 1. The van der Waals surface area contributed by atoms with Crippen molar-refractivity contribution in [2.24, 2.45) is 0 Å². The maximum Gasteiger partial charge on any atom is 0.412 e. The fourth-order valence-corrected chi connectivity index (χ4v) is 3.11. The molecule has 7 heteroatoms. The predicted octanol–water partition coefficient (Wildman–Crippen LogP) is 2.82. The standard InChI is InChI=1S/C21H29N3O4/c1-6-18(25)23-10-11-24(15(2)14-23)19(26)13-16-8-7-9-17(12-16)22-20(27)28-21(3,4)5/h6-9,12,15H,1,10-11,13-14H2,2-5H3,(H,22,27)/t15-/m0/s1. The molecular formula is C21H29N3O4. The molecule has 0 aromatic heterocycles. The van der Waals surface area contributed by atoms with Crippen LogP contribution in [0.2, 0.25) is 0 Å². The van der Waals surface area contributed by atoms with Gasteiger partial charge < -0.3 is 14.5 Å². The largest absolute Gasteiger partial charge is 0.444 e. The van der Waals surface area contributed by atoms with Crippen molar-refractivity contribution in [3.8, 4) is 0 Å². The molecule has 152 valence electrons. The minimum absolute atomic E-state index is 0.00683. The van der Waals surface area contributed by atoms with Crippen LogP contribution in [0.15, 0.2) is 36.9 Å². The predicted molar refractivity (Wildman–Crippen MR) is 108 cm³/mol. The summed E-state index contributed by atoms with van der Waals surface area (Å²) in [6.07, 6.45) is 0.990. The summed E-state index contributed by atoms with van der Waals surface area (Å²) in [5, 5.41) is 2.69. The summed E-state index contributed by atoms with van der Waals surface area (Å²) in [6, 6.07) is 7.09. The molecule has 28 heavy (non-hydrogen) atoms. The Morgan fingerprint density at radius 2 is 2.00 bits per heavy atom. The molecule has 0 spiro atoms. The van der Waals surface area contributed by atoms with Gasteiger partial charge in [0, 0.05) is 31.4 Å². The van der Waals surface area contributed by atoms with Gasteiger partial charge >= 0.3 is 6.09 Å². The highest BCUT2D eigenvalue weighted by molar-refractivity contribution is 5.88. The Bertz CT molecular complexity index is 754. The molecule has 1 N–H and O–H groups in total. The lowest BCUT2D eigenvalue weighted by atomic mass is 10.1. The molecule has 0 saturated carbocycles. The van der Waals surface area contributed by atoms with Gasteiger partial charge in [0.2, 0.25) is 11.8 Å². The van der Waals surface area contributed by atoms with Crippen molar-refractivity contribution in [1.82, 2.24) is 9.80 Å². The number of rotatable bonds is 4. The molecule has 1 atom stereocenters. The van der Waals surface area contributed by atoms with Gasteiger partial charge in [-0.1, -0.05) is 18.7 Å². The first-order valence-electron chi connectivity index (χ1n) is 9.39. The number of ether oxygens (including phenoxy) is 1. The van der Waals surface area contributed by atoms with Gasteiger partial charge in [-0.3, -0.25) is 14.9 Å². The summed E-state index contributed by atoms with van der Waals surface area (Å²) in [5.74, 6) is -0.118. The second-order valence-corrected chi connectivity index (χ2v) is 7.93. The molecule has 1 aliphatic rings. The number of hydrogen-bond acceptors (Lipinski definition) is 4. The Morgan fingerprint density at radius 3 is 2.61 bits per heavy atom. The molecular weight excluding hydrogens is 358 g/mol. The highest BCUT2D eigenvalue weighted by Crippen LogP contribution is 2.17. The summed E-state index contributed by atoms with van der Waals surface area (Å²) in [5.41, 5.74) is 0.799. The van der Waals surface area contributed by atoms with E-state index in [4.69, 9.17) is 4.74 Å². The molecule has 0 radical (unpaired) electrons. The Labute approximate surface area is 166 Å². The van der Waals surface area contributed by atoms with Crippen LogP contribution in [-0.2, 0) is 20.7 Å². The number of amides is 3. The first-order chi connectivity index (χ1) is 13.1. The molecule has 1 saturated heterocycles. The maximum atomic E-state index is 12.7. The van der Waals surface area contributed by atoms with E-state index >= 15 is 0 Å². The molecule has 1 fully saturated rings. The minimum Gasteiger partial charge on any atom is -0.444 e. The molecule has 0 aliphatic carbocycles. The normalized spacial score (nSPS) is 17.1. The van der Waals surface area contributed by atoms with Gasteiger partial charge in [-0.2, -0.15) is 0 Å². The summed E-state index contributed by atoms with van der Waals surface area (Å²) in [4.78, 5) is 39.9. The molecule has 3 amide bonds. The van der Waals surface area contributed by atoms with Crippen LogP contribution in [0, 0.1) is 0 Å². The second-order valence-electron chi connectivity index (χ2n) is 7.93. The number of piperazine rings is 1. The van der Waals surface area contributed by atoms with Crippen molar-refractivity contribution < 1.29 is 19.1 Å². The lowest BCUT2D eigenvalue weighted by Crippen LogP contribution is -2.55. The monoisotopic (exact) mass is 387 g/mol. The molecule has 1 aliphatic heterocycles. The number of carbonyl (C=O) groups is 3. The van der Waals surface area contributed by atoms with E-state index in [1.165, 1.54) is 6.08 Å². The lowest BCUT2D eigenvalue weighted by molar-refractivity contribution is -0.139. The van der Waals surface area contributed by atoms with Crippen LogP contribution in [-0.4, -0.2) is 59.0 Å². The van der Waals surface area contributed by atoms with Crippen molar-refractivity contribution in [3.05, 3.63) is 42.5 Å². The van der Waals surface area contributed by atoms with Crippen molar-refractivity contribution in [2.45, 2.75) is 45.8 Å². The van der Waals surface area contributed by atoms with Gasteiger partial charge in [-0.05, 0) is 51.5 Å². The van der Waals surface area contributed by atoms with E-state index in [1.54, 1.807) is 48.8 Å². The van der Waals surface area contributed by atoms with Crippen LogP contribution >= 0.6 is 0 Å². The van der Waals surface area contributed by atoms with Crippen LogP contribution in [0.5, 0.6) is 0 Å². The Balaban J connectivity index is 1.96. The average molecular weight is 387 g/mol. The summed E-state index contributed by atoms with van der Waals surface area (Å²) < 4.78 is 5.25. The molecule has 0 unspecified atom stereocenters. The number of anilines is 1. The number of nitrogens with one attached hydrogen (secondary N) is 1. The molecule has 1 heterocycles. The Morgan fingerprint density at radius 1 is 1.29 bits per heavy atom. The maximum absolute atomic E-state index is 12.7. The highest BCUT2D eigenvalue weighted by atomic mass is 16.6. The number of carbonyl (C=O) groups excluding carboxylic acids is 3. The minimum atomic E-state index is -0.580. The summed E-state index contributed by atoms with van der Waals surface area (Å²) >= 11 is 0. The molecule has 1 aromatic rings. The van der Waals surface area contributed by atoms with E-state index in [0.29, 0.717) is 25.3 Å². The van der Waals surface area contributed by atoms with Crippen molar-refractivity contribution in [3.63, 3.8) is 0 Å². The summed E-state index contributed by atoms with van der Waals surface area (Å²) in [7, 11) is 0. The van der Waals surface area contributed by atoms with E-state index < -0.39 is 11.7 Å². The van der Waals surface area contributed by atoms with Gasteiger partial charge in [0.25, 0.3) is 0 Å². The zero-order valence-corrected chi connectivity index (χ0v) is 17.0. The van der Waals surface area contributed by atoms with Crippen LogP contribution in [0.4, 0.5) is 10.5 Å². The van der Waals surface area contributed by atoms with Crippen LogP contribution in [0.3, 0.4) is 0 Å². The van der Waals surface area contributed by atoms with Crippen molar-refractivity contribution >= 4 is 23.6 Å². The summed E-state index contributed by atoms with van der Waals surface area (Å²) in [6.45, 7) is 12.3. The van der Waals surface area contributed by atoms with E-state index in [-0.39, 0.29) is 24.3 Å². The molecule has 0 bridgehead atoms. The van der Waals surface area contributed by atoms with E-state index in [9.17, 15) is 14.4 Å². The quantitative estimate of drug-likeness (QED) is 0.806. The zero-order chi connectivity index (χ0) is 20.9. The highest BCUT2D eigenvalue weighted by Gasteiger charge is 2.28. The van der Waals surface area contributed by atoms with Crippen molar-refractivity contribution in [2.75, 3.05) is 25.0 Å². The lowest BCUT2D eigenvalue weighted by Gasteiger charge is -2.39. The van der Waals surface area contributed by atoms with E-state index in [1.807, 2.05) is 13.0 Å². The molecule has 7 nitrogen and oxygen atoms in total. The number of nitrogens with zero attached hydrogens (tertiary/aromatic N) is 2. The topological polar surface area (TPSA) is 79.0 Å². The second kappa shape index (κ2) is 8.91. The third-order valence-corrected chi connectivity index (χ3v) is 4.36. The van der Waals surface area contributed by atoms with Gasteiger partial charge in [0.15, 0.2) is 0 Å². The third-order valence-electron chi connectivity index (χ3n) is 4.36. The van der Waals surface area contributed by atoms with Crippen LogP contribution in [0.25, 0.3) is 0 Å². The van der Waals surface area contributed by atoms with E-state index in [2.05, 4.69) is 11.9 Å². The first-order valence-corrected chi connectivity index (χ1v) is 9.39. The zero-order valence-electron chi connectivity index (χ0n) is 17.0. The van der Waals surface area contributed by atoms with Gasteiger partial charge in [-0.15, -0.1) is 0 Å². The SMILES string of the molecule is C=CC(=O)N1CCN(C(=O)Cc2cccc(NC(=O)OC(C)(C)C)c2)[C@@H](C)C1. The van der Waals surface area contributed by atoms with Gasteiger partial charge in [0.05, 0.1) is 6.42 Å². The third kappa shape index (κ3) is 6.11. The van der Waals surface area contributed by atoms with Gasteiger partial charge in [-0.25, -0.2) is 4.79 Å². The first kappa shape index (κ1) is 21.5. The fourth-order valence-electron chi connectivity index (χ4n) is 3.11.